The van der Waals surface area contributed by atoms with E-state index in [4.69, 9.17) is 5.11 Å². The molecule has 0 fully saturated rings. The summed E-state index contributed by atoms with van der Waals surface area (Å²) in [6.45, 7) is 1.69. The molecule has 0 bridgehead atoms. The molecule has 0 aromatic heterocycles. The van der Waals surface area contributed by atoms with Crippen LogP contribution >= 0.6 is 0 Å². The van der Waals surface area contributed by atoms with Crippen LogP contribution in [0.15, 0.2) is 18.2 Å². The van der Waals surface area contributed by atoms with Crippen LogP contribution in [0.1, 0.15) is 18.9 Å². The Morgan fingerprint density at radius 2 is 2.35 bits per heavy atom. The number of hydrogen-bond acceptors (Lipinski definition) is 2. The van der Waals surface area contributed by atoms with Crippen LogP contribution in [0.2, 0.25) is 0 Å². The van der Waals surface area contributed by atoms with E-state index in [1.54, 1.807) is 13.0 Å². The second-order valence-corrected chi connectivity index (χ2v) is 4.69. The normalized spacial score (nSPS) is 20.2. The zero-order valence-corrected chi connectivity index (χ0v) is 9.98. The van der Waals surface area contributed by atoms with Gasteiger partial charge in [0.2, 0.25) is 0 Å². The molecule has 1 aliphatic heterocycles. The Balaban J connectivity index is 2.17. The maximum absolute atomic E-state index is 13.7. The molecule has 0 spiro atoms. The molecule has 0 aliphatic carbocycles. The molecule has 0 saturated carbocycles. The van der Waals surface area contributed by atoms with E-state index in [9.17, 15) is 9.18 Å². The van der Waals surface area contributed by atoms with Crippen LogP contribution in [0.3, 0.4) is 0 Å². The summed E-state index contributed by atoms with van der Waals surface area (Å²) in [7, 11) is 1.83. The van der Waals surface area contributed by atoms with Crippen LogP contribution in [0.4, 0.5) is 10.1 Å². The zero-order chi connectivity index (χ0) is 12.6. The minimum atomic E-state index is -0.796. The number of carboxylic acids is 1. The fourth-order valence-electron chi connectivity index (χ4n) is 2.44. The lowest BCUT2D eigenvalue weighted by atomic mass is 9.99. The van der Waals surface area contributed by atoms with E-state index < -0.39 is 11.9 Å². The van der Waals surface area contributed by atoms with Crippen molar-refractivity contribution in [3.63, 3.8) is 0 Å². The summed E-state index contributed by atoms with van der Waals surface area (Å²) >= 11 is 0. The molecule has 3 nitrogen and oxygen atoms in total. The van der Waals surface area contributed by atoms with Gasteiger partial charge in [0.05, 0.1) is 11.6 Å². The lowest BCUT2D eigenvalue weighted by Gasteiger charge is -2.24. The summed E-state index contributed by atoms with van der Waals surface area (Å²) in [6.07, 6.45) is 1.27. The molecule has 17 heavy (non-hydrogen) atoms. The third-order valence-electron chi connectivity index (χ3n) is 3.47. The SMILES string of the molecule is CC(CC1Cc2cccc(F)c2N1C)C(=O)O. The molecule has 1 N–H and O–H groups in total. The molecule has 92 valence electrons. The number of halogens is 1. The largest absolute Gasteiger partial charge is 0.481 e. The summed E-state index contributed by atoms with van der Waals surface area (Å²) in [4.78, 5) is 12.7. The zero-order valence-electron chi connectivity index (χ0n) is 9.98. The molecule has 0 radical (unpaired) electrons. The summed E-state index contributed by atoms with van der Waals surface area (Å²) in [5.74, 6) is -1.43. The van der Waals surface area contributed by atoms with E-state index in [0.29, 0.717) is 12.1 Å². The van der Waals surface area contributed by atoms with Gasteiger partial charge in [0.25, 0.3) is 0 Å². The first-order valence-corrected chi connectivity index (χ1v) is 5.73. The Hall–Kier alpha value is -1.58. The van der Waals surface area contributed by atoms with Crippen molar-refractivity contribution in [2.24, 2.45) is 5.92 Å². The van der Waals surface area contributed by atoms with Crippen molar-refractivity contribution in [2.45, 2.75) is 25.8 Å². The number of fused-ring (bicyclic) bond motifs is 1. The van der Waals surface area contributed by atoms with E-state index in [1.165, 1.54) is 6.07 Å². The van der Waals surface area contributed by atoms with Crippen molar-refractivity contribution in [3.05, 3.63) is 29.6 Å². The number of aliphatic carboxylic acids is 1. The number of anilines is 1. The van der Waals surface area contributed by atoms with Crippen LogP contribution in [0.25, 0.3) is 0 Å². The average molecular weight is 237 g/mol. The summed E-state index contributed by atoms with van der Waals surface area (Å²) in [5.41, 5.74) is 1.59. The molecular weight excluding hydrogens is 221 g/mol. The van der Waals surface area contributed by atoms with Crippen LogP contribution in [-0.2, 0) is 11.2 Å². The van der Waals surface area contributed by atoms with Crippen LogP contribution in [0.5, 0.6) is 0 Å². The molecule has 2 unspecified atom stereocenters. The molecule has 1 aromatic rings. The van der Waals surface area contributed by atoms with E-state index in [1.807, 2.05) is 18.0 Å². The molecule has 4 heteroatoms. The van der Waals surface area contributed by atoms with E-state index in [2.05, 4.69) is 0 Å². The number of para-hydroxylation sites is 1. The van der Waals surface area contributed by atoms with Crippen molar-refractivity contribution in [3.8, 4) is 0 Å². The predicted octanol–water partition coefficient (Wildman–Crippen LogP) is 2.30. The molecule has 0 amide bonds. The van der Waals surface area contributed by atoms with Gasteiger partial charge in [-0.15, -0.1) is 0 Å². The van der Waals surface area contributed by atoms with Gasteiger partial charge in [-0.05, 0) is 24.5 Å². The highest BCUT2D eigenvalue weighted by Gasteiger charge is 2.31. The lowest BCUT2D eigenvalue weighted by Crippen LogP contribution is -2.31. The number of benzene rings is 1. The summed E-state index contributed by atoms with van der Waals surface area (Å²) in [5, 5.41) is 8.91. The van der Waals surface area contributed by atoms with E-state index >= 15 is 0 Å². The predicted molar refractivity (Wildman–Crippen MR) is 63.7 cm³/mol. The number of carbonyl (C=O) groups is 1. The van der Waals surface area contributed by atoms with E-state index in [-0.39, 0.29) is 11.9 Å². The minimum absolute atomic E-state index is 0.0769. The second-order valence-electron chi connectivity index (χ2n) is 4.69. The Bertz CT molecular complexity index is 447. The third kappa shape index (κ3) is 2.12. The highest BCUT2D eigenvalue weighted by atomic mass is 19.1. The first-order chi connectivity index (χ1) is 8.00. The first-order valence-electron chi connectivity index (χ1n) is 5.73. The van der Waals surface area contributed by atoms with Gasteiger partial charge in [-0.1, -0.05) is 19.1 Å². The van der Waals surface area contributed by atoms with Gasteiger partial charge in [0.15, 0.2) is 0 Å². The Kier molecular flexibility index (Phi) is 3.05. The molecule has 1 aromatic carbocycles. The monoisotopic (exact) mass is 237 g/mol. The van der Waals surface area contributed by atoms with Gasteiger partial charge >= 0.3 is 5.97 Å². The van der Waals surface area contributed by atoms with Crippen molar-refractivity contribution >= 4 is 11.7 Å². The highest BCUT2D eigenvalue weighted by molar-refractivity contribution is 5.70. The average Bonchev–Trinajstić information content (AvgIpc) is 2.57. The van der Waals surface area contributed by atoms with Gasteiger partial charge < -0.3 is 10.0 Å². The van der Waals surface area contributed by atoms with Crippen LogP contribution in [0, 0.1) is 11.7 Å². The molecule has 2 rings (SSSR count). The second kappa shape index (κ2) is 4.35. The Morgan fingerprint density at radius 1 is 1.65 bits per heavy atom. The van der Waals surface area contributed by atoms with Crippen LogP contribution < -0.4 is 4.90 Å². The highest BCUT2D eigenvalue weighted by Crippen LogP contribution is 2.35. The van der Waals surface area contributed by atoms with Crippen LogP contribution in [-0.4, -0.2) is 24.2 Å². The number of carboxylic acid groups (broad SMARTS) is 1. The number of nitrogens with zero attached hydrogens (tertiary/aromatic N) is 1. The Morgan fingerprint density at radius 3 is 2.94 bits per heavy atom. The molecule has 2 atom stereocenters. The fraction of sp³-hybridized carbons (Fsp3) is 0.462. The smallest absolute Gasteiger partial charge is 0.306 e. The van der Waals surface area contributed by atoms with Crippen molar-refractivity contribution in [1.82, 2.24) is 0 Å². The van der Waals surface area contributed by atoms with Gasteiger partial charge in [-0.2, -0.15) is 0 Å². The minimum Gasteiger partial charge on any atom is -0.481 e. The maximum atomic E-state index is 13.7. The van der Waals surface area contributed by atoms with Crippen molar-refractivity contribution in [2.75, 3.05) is 11.9 Å². The first kappa shape index (κ1) is 11.9. The molecule has 1 aliphatic rings. The lowest BCUT2D eigenvalue weighted by molar-refractivity contribution is -0.141. The van der Waals surface area contributed by atoms with Gasteiger partial charge in [-0.25, -0.2) is 4.39 Å². The summed E-state index contributed by atoms with van der Waals surface area (Å²) < 4.78 is 13.7. The van der Waals surface area contributed by atoms with Gasteiger partial charge in [0, 0.05) is 13.1 Å². The fourth-order valence-corrected chi connectivity index (χ4v) is 2.44. The quantitative estimate of drug-likeness (QED) is 0.876. The number of likely N-dealkylation sites (N-methyl/N-ethyl adjacent to an activating group) is 1. The molecule has 1 heterocycles. The third-order valence-corrected chi connectivity index (χ3v) is 3.47. The number of rotatable bonds is 3. The molecule has 0 saturated heterocycles. The summed E-state index contributed by atoms with van der Waals surface area (Å²) in [6, 6.07) is 5.12. The Labute approximate surface area is 99.9 Å². The van der Waals surface area contributed by atoms with E-state index in [0.717, 1.165) is 12.0 Å². The number of hydrogen-bond donors (Lipinski definition) is 1. The van der Waals surface area contributed by atoms with Gasteiger partial charge in [0.1, 0.15) is 5.82 Å². The van der Waals surface area contributed by atoms with Gasteiger partial charge in [-0.3, -0.25) is 4.79 Å². The van der Waals surface area contributed by atoms with Crippen molar-refractivity contribution < 1.29 is 14.3 Å². The molecular formula is C13H16FNO2. The maximum Gasteiger partial charge on any atom is 0.306 e. The standard InChI is InChI=1S/C13H16FNO2/c1-8(13(16)17)6-10-7-9-4-3-5-11(14)12(9)15(10)2/h3-5,8,10H,6-7H2,1-2H3,(H,16,17). The van der Waals surface area contributed by atoms with Crippen molar-refractivity contribution in [1.29, 1.82) is 0 Å². The topological polar surface area (TPSA) is 40.5 Å².